The molecule has 0 fully saturated rings. The van der Waals surface area contributed by atoms with Crippen LogP contribution in [0, 0.1) is 12.3 Å². The van der Waals surface area contributed by atoms with Gasteiger partial charge in [-0.25, -0.2) is 0 Å². The minimum atomic E-state index is -0.616. The molecule has 3 rings (SSSR count). The first-order valence-electron chi connectivity index (χ1n) is 8.79. The number of benzene rings is 1. The van der Waals surface area contributed by atoms with Crippen LogP contribution in [0.25, 0.3) is 0 Å². The Bertz CT molecular complexity index is 931. The van der Waals surface area contributed by atoms with Gasteiger partial charge in [-0.2, -0.15) is 0 Å². The van der Waals surface area contributed by atoms with Gasteiger partial charge in [0.2, 0.25) is 0 Å². The summed E-state index contributed by atoms with van der Waals surface area (Å²) >= 11 is 3.31. The van der Waals surface area contributed by atoms with Gasteiger partial charge in [0.25, 0.3) is 5.91 Å². The van der Waals surface area contributed by atoms with Crippen molar-refractivity contribution in [2.45, 2.75) is 33.6 Å². The lowest BCUT2D eigenvalue weighted by atomic mass is 9.76. The van der Waals surface area contributed by atoms with E-state index in [9.17, 15) is 14.4 Å². The highest BCUT2D eigenvalue weighted by Crippen LogP contribution is 2.38. The SMILES string of the molecule is Cc1c(C(=O)NNC(=O)COc2ccc(Br)cc2)oc2c1C(=O)CC(C)(C)C2. The molecule has 2 aromatic rings. The van der Waals surface area contributed by atoms with Crippen LogP contribution in [0.5, 0.6) is 5.75 Å². The number of Topliss-reactive ketones (excluding diaryl/α,β-unsaturated/α-hetero) is 1. The number of hydrogen-bond donors (Lipinski definition) is 2. The van der Waals surface area contributed by atoms with Gasteiger partial charge in [0.1, 0.15) is 11.5 Å². The summed E-state index contributed by atoms with van der Waals surface area (Å²) in [6.07, 6.45) is 0.987. The third-order valence-electron chi connectivity index (χ3n) is 4.48. The molecule has 7 nitrogen and oxygen atoms in total. The molecule has 2 amide bonds. The first-order chi connectivity index (χ1) is 13.2. The number of amides is 2. The Morgan fingerprint density at radius 2 is 1.86 bits per heavy atom. The highest BCUT2D eigenvalue weighted by atomic mass is 79.9. The van der Waals surface area contributed by atoms with E-state index < -0.39 is 11.8 Å². The van der Waals surface area contributed by atoms with Gasteiger partial charge in [-0.3, -0.25) is 25.2 Å². The molecule has 148 valence electrons. The molecule has 1 aliphatic carbocycles. The lowest BCUT2D eigenvalue weighted by molar-refractivity contribution is -0.123. The van der Waals surface area contributed by atoms with Crippen molar-refractivity contribution in [1.29, 1.82) is 0 Å². The van der Waals surface area contributed by atoms with Crippen LogP contribution in [-0.2, 0) is 11.2 Å². The minimum absolute atomic E-state index is 0.0292. The topological polar surface area (TPSA) is 97.6 Å². The molecule has 0 radical (unpaired) electrons. The molecule has 0 spiro atoms. The molecule has 0 aliphatic heterocycles. The molecule has 0 saturated carbocycles. The Labute approximate surface area is 170 Å². The summed E-state index contributed by atoms with van der Waals surface area (Å²) in [4.78, 5) is 36.7. The van der Waals surface area contributed by atoms with Gasteiger partial charge in [0.15, 0.2) is 18.2 Å². The van der Waals surface area contributed by atoms with E-state index in [0.29, 0.717) is 35.5 Å². The predicted octanol–water partition coefficient (Wildman–Crippen LogP) is 3.35. The normalized spacial score (nSPS) is 14.9. The Hall–Kier alpha value is -2.61. The third kappa shape index (κ3) is 4.44. The summed E-state index contributed by atoms with van der Waals surface area (Å²) in [7, 11) is 0. The monoisotopic (exact) mass is 448 g/mol. The van der Waals surface area contributed by atoms with E-state index in [1.54, 1.807) is 31.2 Å². The molecule has 0 bridgehead atoms. The maximum Gasteiger partial charge on any atom is 0.305 e. The van der Waals surface area contributed by atoms with Crippen LogP contribution in [0.2, 0.25) is 0 Å². The smallest absolute Gasteiger partial charge is 0.305 e. The van der Waals surface area contributed by atoms with Crippen molar-refractivity contribution in [3.63, 3.8) is 0 Å². The molecule has 28 heavy (non-hydrogen) atoms. The third-order valence-corrected chi connectivity index (χ3v) is 5.01. The quantitative estimate of drug-likeness (QED) is 0.698. The Kier molecular flexibility index (Phi) is 5.60. The number of carbonyl (C=O) groups is 3. The first kappa shape index (κ1) is 20.1. The Morgan fingerprint density at radius 1 is 1.18 bits per heavy atom. The van der Waals surface area contributed by atoms with Crippen LogP contribution >= 0.6 is 15.9 Å². The largest absolute Gasteiger partial charge is 0.484 e. The second-order valence-corrected chi connectivity index (χ2v) is 8.46. The van der Waals surface area contributed by atoms with E-state index in [1.165, 1.54) is 0 Å². The Balaban J connectivity index is 1.59. The second kappa shape index (κ2) is 7.79. The zero-order valence-electron chi connectivity index (χ0n) is 15.8. The van der Waals surface area contributed by atoms with Crippen LogP contribution in [0.1, 0.15) is 52.5 Å². The molecule has 1 heterocycles. The fourth-order valence-electron chi connectivity index (χ4n) is 3.20. The molecular weight excluding hydrogens is 428 g/mol. The standard InChI is InChI=1S/C20H21BrN2O5/c1-11-17-14(24)8-20(2,3)9-15(17)28-18(11)19(26)23-22-16(25)10-27-13-6-4-12(21)5-7-13/h4-7H,8-10H2,1-3H3,(H,22,25)(H,23,26). The van der Waals surface area contributed by atoms with Crippen molar-refractivity contribution in [3.05, 3.63) is 51.4 Å². The Morgan fingerprint density at radius 3 is 2.54 bits per heavy atom. The van der Waals surface area contributed by atoms with Gasteiger partial charge in [-0.15, -0.1) is 0 Å². The number of fused-ring (bicyclic) bond motifs is 1. The number of furan rings is 1. The predicted molar refractivity (Wildman–Crippen MR) is 105 cm³/mol. The number of hydrogen-bond acceptors (Lipinski definition) is 5. The number of ketones is 1. The maximum atomic E-state index is 12.4. The van der Waals surface area contributed by atoms with Gasteiger partial charge in [0.05, 0.1) is 5.56 Å². The average Bonchev–Trinajstić information content (AvgIpc) is 2.94. The van der Waals surface area contributed by atoms with Crippen molar-refractivity contribution in [2.24, 2.45) is 5.41 Å². The summed E-state index contributed by atoms with van der Waals surface area (Å²) in [5.41, 5.74) is 5.35. The van der Waals surface area contributed by atoms with Crippen LogP contribution in [0.4, 0.5) is 0 Å². The number of rotatable bonds is 4. The van der Waals surface area contributed by atoms with E-state index in [1.807, 2.05) is 13.8 Å². The van der Waals surface area contributed by atoms with Gasteiger partial charge < -0.3 is 9.15 Å². The molecule has 1 aromatic carbocycles. The molecule has 8 heteroatoms. The summed E-state index contributed by atoms with van der Waals surface area (Å²) in [6.45, 7) is 5.38. The lowest BCUT2D eigenvalue weighted by Gasteiger charge is -2.27. The lowest BCUT2D eigenvalue weighted by Crippen LogP contribution is -2.43. The summed E-state index contributed by atoms with van der Waals surface area (Å²) in [5, 5.41) is 0. The van der Waals surface area contributed by atoms with Crippen LogP contribution in [0.3, 0.4) is 0 Å². The van der Waals surface area contributed by atoms with E-state index in [-0.39, 0.29) is 23.6 Å². The van der Waals surface area contributed by atoms with E-state index in [0.717, 1.165) is 4.47 Å². The highest BCUT2D eigenvalue weighted by Gasteiger charge is 2.37. The first-order valence-corrected chi connectivity index (χ1v) is 9.58. The fraction of sp³-hybridized carbons (Fsp3) is 0.350. The molecule has 0 atom stereocenters. The van der Waals surface area contributed by atoms with Crippen molar-refractivity contribution in [3.8, 4) is 5.75 Å². The second-order valence-electron chi connectivity index (χ2n) is 7.54. The van der Waals surface area contributed by atoms with Gasteiger partial charge in [-0.05, 0) is 36.6 Å². The van der Waals surface area contributed by atoms with Crippen molar-refractivity contribution >= 4 is 33.5 Å². The maximum absolute atomic E-state index is 12.4. The fourth-order valence-corrected chi connectivity index (χ4v) is 3.46. The average molecular weight is 449 g/mol. The van der Waals surface area contributed by atoms with E-state index in [2.05, 4.69) is 26.8 Å². The molecule has 1 aromatic heterocycles. The number of halogens is 1. The number of ether oxygens (including phenoxy) is 1. The van der Waals surface area contributed by atoms with Crippen molar-refractivity contribution in [2.75, 3.05) is 6.61 Å². The number of hydrazine groups is 1. The zero-order chi connectivity index (χ0) is 20.5. The van der Waals surface area contributed by atoms with Gasteiger partial charge in [-0.1, -0.05) is 29.8 Å². The van der Waals surface area contributed by atoms with Gasteiger partial charge in [0, 0.05) is 22.9 Å². The minimum Gasteiger partial charge on any atom is -0.484 e. The zero-order valence-corrected chi connectivity index (χ0v) is 17.4. The van der Waals surface area contributed by atoms with Gasteiger partial charge >= 0.3 is 5.91 Å². The molecule has 0 unspecified atom stereocenters. The van der Waals surface area contributed by atoms with Crippen molar-refractivity contribution in [1.82, 2.24) is 10.9 Å². The molecule has 0 saturated heterocycles. The van der Waals surface area contributed by atoms with Crippen LogP contribution < -0.4 is 15.6 Å². The van der Waals surface area contributed by atoms with Crippen LogP contribution in [-0.4, -0.2) is 24.2 Å². The number of nitrogens with one attached hydrogen (secondary N) is 2. The summed E-state index contributed by atoms with van der Waals surface area (Å²) in [6, 6.07) is 7.01. The highest BCUT2D eigenvalue weighted by molar-refractivity contribution is 9.10. The summed E-state index contributed by atoms with van der Waals surface area (Å²) < 4.78 is 11.9. The number of carbonyl (C=O) groups excluding carboxylic acids is 3. The molecular formula is C20H21BrN2O5. The van der Waals surface area contributed by atoms with E-state index >= 15 is 0 Å². The molecule has 1 aliphatic rings. The molecule has 2 N–H and O–H groups in total. The van der Waals surface area contributed by atoms with Crippen molar-refractivity contribution < 1.29 is 23.5 Å². The van der Waals surface area contributed by atoms with Crippen LogP contribution in [0.15, 0.2) is 33.2 Å². The summed E-state index contributed by atoms with van der Waals surface area (Å²) in [5.74, 6) is -0.0882. The van der Waals surface area contributed by atoms with E-state index in [4.69, 9.17) is 9.15 Å².